The Hall–Kier alpha value is -3.22. The molecule has 0 unspecified atom stereocenters. The van der Waals surface area contributed by atoms with E-state index < -0.39 is 33.2 Å². The predicted molar refractivity (Wildman–Crippen MR) is 136 cm³/mol. The van der Waals surface area contributed by atoms with E-state index in [-0.39, 0.29) is 67.5 Å². The molecule has 1 aromatic carbocycles. The SMILES string of the molecule is O=C(NCCCC(=O)C1CCC(C(=O)N2CCS(=O)(=O)CC2)CC1)c1cn(-c2ccccc2)nc1C(F)(F)F. The van der Waals surface area contributed by atoms with Gasteiger partial charge in [0.05, 0.1) is 22.8 Å². The summed E-state index contributed by atoms with van der Waals surface area (Å²) in [6.45, 7) is 0.455. The van der Waals surface area contributed by atoms with Crippen LogP contribution in [-0.2, 0) is 25.6 Å². The zero-order valence-electron chi connectivity index (χ0n) is 21.3. The second-order valence-corrected chi connectivity index (χ2v) is 12.3. The van der Waals surface area contributed by atoms with Crippen molar-refractivity contribution in [2.24, 2.45) is 11.8 Å². The molecule has 2 heterocycles. The quantitative estimate of drug-likeness (QED) is 0.489. The lowest BCUT2D eigenvalue weighted by Gasteiger charge is -2.33. The summed E-state index contributed by atoms with van der Waals surface area (Å²) in [7, 11) is -3.07. The van der Waals surface area contributed by atoms with Crippen molar-refractivity contribution in [2.45, 2.75) is 44.7 Å². The molecule has 1 aliphatic carbocycles. The van der Waals surface area contributed by atoms with E-state index in [0.29, 0.717) is 31.4 Å². The summed E-state index contributed by atoms with van der Waals surface area (Å²) in [5.41, 5.74) is -1.49. The molecule has 13 heteroatoms. The lowest BCUT2D eigenvalue weighted by molar-refractivity contribution is -0.141. The van der Waals surface area contributed by atoms with Crippen LogP contribution >= 0.6 is 0 Å². The number of nitrogens with one attached hydrogen (secondary N) is 1. The van der Waals surface area contributed by atoms with Gasteiger partial charge in [0.25, 0.3) is 5.91 Å². The molecule has 0 spiro atoms. The van der Waals surface area contributed by atoms with Crippen molar-refractivity contribution >= 4 is 27.4 Å². The highest BCUT2D eigenvalue weighted by molar-refractivity contribution is 7.91. The van der Waals surface area contributed by atoms with Crippen molar-refractivity contribution in [2.75, 3.05) is 31.1 Å². The normalized spacial score (nSPS) is 21.4. The van der Waals surface area contributed by atoms with Gasteiger partial charge in [-0.05, 0) is 44.2 Å². The zero-order chi connectivity index (χ0) is 28.2. The van der Waals surface area contributed by atoms with Gasteiger partial charge in [-0.3, -0.25) is 14.4 Å². The highest BCUT2D eigenvalue weighted by Crippen LogP contribution is 2.33. The maximum atomic E-state index is 13.5. The van der Waals surface area contributed by atoms with Gasteiger partial charge in [-0.1, -0.05) is 18.2 Å². The van der Waals surface area contributed by atoms with Gasteiger partial charge < -0.3 is 10.2 Å². The molecule has 0 bridgehead atoms. The van der Waals surface area contributed by atoms with Crippen LogP contribution in [0.2, 0.25) is 0 Å². The number of hydrogen-bond acceptors (Lipinski definition) is 6. The van der Waals surface area contributed by atoms with Gasteiger partial charge in [-0.2, -0.15) is 18.3 Å². The number of benzene rings is 1. The maximum Gasteiger partial charge on any atom is 0.435 e. The number of hydrogen-bond donors (Lipinski definition) is 1. The number of para-hydroxylation sites is 1. The fourth-order valence-corrected chi connectivity index (χ4v) is 6.28. The van der Waals surface area contributed by atoms with Crippen LogP contribution in [0.25, 0.3) is 5.69 Å². The number of ketones is 1. The molecule has 2 amide bonds. The summed E-state index contributed by atoms with van der Waals surface area (Å²) >= 11 is 0. The second kappa shape index (κ2) is 11.9. The minimum absolute atomic E-state index is 0.00657. The molecular formula is C26H31F3N4O5S. The lowest BCUT2D eigenvalue weighted by atomic mass is 9.78. The summed E-state index contributed by atoms with van der Waals surface area (Å²) in [6, 6.07) is 8.15. The highest BCUT2D eigenvalue weighted by atomic mass is 32.2. The summed E-state index contributed by atoms with van der Waals surface area (Å²) in [6.07, 6.45) is -1.09. The minimum Gasteiger partial charge on any atom is -0.352 e. The van der Waals surface area contributed by atoms with E-state index in [9.17, 15) is 36.0 Å². The number of aromatic nitrogens is 2. The Morgan fingerprint density at radius 1 is 0.974 bits per heavy atom. The first-order chi connectivity index (χ1) is 18.4. The number of sulfone groups is 1. The van der Waals surface area contributed by atoms with Crippen molar-refractivity contribution in [3.05, 3.63) is 47.8 Å². The van der Waals surface area contributed by atoms with Crippen LogP contribution in [0.15, 0.2) is 36.5 Å². The smallest absolute Gasteiger partial charge is 0.352 e. The maximum absolute atomic E-state index is 13.5. The molecular weight excluding hydrogens is 537 g/mol. The topological polar surface area (TPSA) is 118 Å². The number of amides is 2. The molecule has 39 heavy (non-hydrogen) atoms. The molecule has 0 atom stereocenters. The Bertz CT molecular complexity index is 1290. The number of halogens is 3. The van der Waals surface area contributed by atoms with Gasteiger partial charge >= 0.3 is 6.18 Å². The molecule has 2 aliphatic rings. The zero-order valence-corrected chi connectivity index (χ0v) is 22.1. The molecule has 0 radical (unpaired) electrons. The third-order valence-electron chi connectivity index (χ3n) is 7.32. The van der Waals surface area contributed by atoms with Gasteiger partial charge in [-0.15, -0.1) is 0 Å². The molecule has 1 saturated heterocycles. The molecule has 2 aromatic rings. The number of carbonyl (C=O) groups excluding carboxylic acids is 3. The van der Waals surface area contributed by atoms with Gasteiger partial charge in [-0.25, -0.2) is 13.1 Å². The van der Waals surface area contributed by atoms with Gasteiger partial charge in [0.1, 0.15) is 5.78 Å². The number of Topliss-reactive ketones (excluding diaryl/α,β-unsaturated/α-hetero) is 1. The highest BCUT2D eigenvalue weighted by Gasteiger charge is 2.39. The van der Waals surface area contributed by atoms with Crippen molar-refractivity contribution < 1.29 is 36.0 Å². The molecule has 1 saturated carbocycles. The van der Waals surface area contributed by atoms with Gasteiger partial charge in [0, 0.05) is 44.1 Å². The largest absolute Gasteiger partial charge is 0.435 e. The van der Waals surface area contributed by atoms with Crippen molar-refractivity contribution in [3.8, 4) is 5.69 Å². The van der Waals surface area contributed by atoms with E-state index in [0.717, 1.165) is 10.9 Å². The van der Waals surface area contributed by atoms with Gasteiger partial charge in [0.15, 0.2) is 15.5 Å². The molecule has 1 aromatic heterocycles. The van der Waals surface area contributed by atoms with Crippen LogP contribution in [0.1, 0.15) is 54.6 Å². The summed E-state index contributed by atoms with van der Waals surface area (Å²) in [4.78, 5) is 39.6. The van der Waals surface area contributed by atoms with Crippen LogP contribution in [0.5, 0.6) is 0 Å². The molecule has 2 fully saturated rings. The Labute approximate surface area is 224 Å². The Morgan fingerprint density at radius 3 is 2.21 bits per heavy atom. The number of alkyl halides is 3. The number of rotatable bonds is 8. The molecule has 4 rings (SSSR count). The number of nitrogens with zero attached hydrogens (tertiary/aromatic N) is 3. The van der Waals surface area contributed by atoms with E-state index in [1.165, 1.54) is 0 Å². The Balaban J connectivity index is 1.23. The lowest BCUT2D eigenvalue weighted by Crippen LogP contribution is -2.46. The van der Waals surface area contributed by atoms with Crippen LogP contribution in [0.4, 0.5) is 13.2 Å². The van der Waals surface area contributed by atoms with E-state index in [1.54, 1.807) is 35.2 Å². The standard InChI is InChI=1S/C26H31F3N4O5S/c27-26(28,29)23-21(17-33(31-23)20-5-2-1-3-6-20)24(35)30-12-4-7-22(34)18-8-10-19(11-9-18)25(36)32-13-15-39(37,38)16-14-32/h1-3,5-6,17-19H,4,7-16H2,(H,30,35). The van der Waals surface area contributed by atoms with Crippen LogP contribution in [-0.4, -0.2) is 71.8 Å². The molecule has 212 valence electrons. The van der Waals surface area contributed by atoms with E-state index in [1.807, 2.05) is 0 Å². The molecule has 1 N–H and O–H groups in total. The third-order valence-corrected chi connectivity index (χ3v) is 8.93. The number of carbonyl (C=O) groups is 3. The molecule has 1 aliphatic heterocycles. The van der Waals surface area contributed by atoms with Crippen LogP contribution < -0.4 is 5.32 Å². The average Bonchev–Trinajstić information content (AvgIpc) is 3.38. The first-order valence-electron chi connectivity index (χ1n) is 13.0. The van der Waals surface area contributed by atoms with E-state index >= 15 is 0 Å². The van der Waals surface area contributed by atoms with Gasteiger partial charge in [0.2, 0.25) is 5.91 Å². The summed E-state index contributed by atoms with van der Waals surface area (Å²) in [5, 5.41) is 6.03. The van der Waals surface area contributed by atoms with Crippen molar-refractivity contribution in [1.82, 2.24) is 20.0 Å². The molecule has 9 nitrogen and oxygen atoms in total. The first-order valence-corrected chi connectivity index (χ1v) is 14.8. The fourth-order valence-electron chi connectivity index (χ4n) is 5.08. The van der Waals surface area contributed by atoms with E-state index in [2.05, 4.69) is 10.4 Å². The van der Waals surface area contributed by atoms with Crippen LogP contribution in [0, 0.1) is 11.8 Å². The summed E-state index contributed by atoms with van der Waals surface area (Å²) < 4.78 is 64.7. The van der Waals surface area contributed by atoms with Crippen molar-refractivity contribution in [3.63, 3.8) is 0 Å². The second-order valence-electron chi connectivity index (χ2n) is 10.0. The minimum atomic E-state index is -4.81. The first kappa shape index (κ1) is 28.8. The third kappa shape index (κ3) is 7.25. The Morgan fingerprint density at radius 2 is 1.59 bits per heavy atom. The van der Waals surface area contributed by atoms with E-state index in [4.69, 9.17) is 0 Å². The monoisotopic (exact) mass is 568 g/mol. The average molecular weight is 569 g/mol. The van der Waals surface area contributed by atoms with Crippen LogP contribution in [0.3, 0.4) is 0 Å². The van der Waals surface area contributed by atoms with Crippen molar-refractivity contribution in [1.29, 1.82) is 0 Å². The summed E-state index contributed by atoms with van der Waals surface area (Å²) in [5.74, 6) is -1.41. The predicted octanol–water partition coefficient (Wildman–Crippen LogP) is 3.03. The Kier molecular flexibility index (Phi) is 8.77. The fraction of sp³-hybridized carbons (Fsp3) is 0.538.